The van der Waals surface area contributed by atoms with E-state index in [0.717, 1.165) is 16.7 Å². The summed E-state index contributed by atoms with van der Waals surface area (Å²) in [6, 6.07) is 16.0. The lowest BCUT2D eigenvalue weighted by molar-refractivity contribution is -0.151. The van der Waals surface area contributed by atoms with Gasteiger partial charge in [0.15, 0.2) is 0 Å². The molecule has 2 N–H and O–H groups in total. The van der Waals surface area contributed by atoms with Crippen molar-refractivity contribution < 1.29 is 23.9 Å². The van der Waals surface area contributed by atoms with Crippen molar-refractivity contribution in [2.75, 3.05) is 19.7 Å². The van der Waals surface area contributed by atoms with Crippen molar-refractivity contribution in [3.8, 4) is 0 Å². The van der Waals surface area contributed by atoms with Crippen LogP contribution in [-0.4, -0.2) is 54.3 Å². The quantitative estimate of drug-likeness (QED) is 0.460. The van der Waals surface area contributed by atoms with Gasteiger partial charge in [-0.2, -0.15) is 0 Å². The fraction of sp³-hybridized carbons (Fsp3) is 0.308. The molecule has 8 nitrogen and oxygen atoms in total. The maximum atomic E-state index is 13.4. The first-order valence-electron chi connectivity index (χ1n) is 11.2. The van der Waals surface area contributed by atoms with Crippen molar-refractivity contribution in [2.45, 2.75) is 32.7 Å². The number of rotatable bonds is 8. The largest absolute Gasteiger partial charge is 0.465 e. The Morgan fingerprint density at radius 1 is 1.12 bits per heavy atom. The summed E-state index contributed by atoms with van der Waals surface area (Å²) in [7, 11) is 0. The number of benzene rings is 2. The molecule has 1 saturated heterocycles. The van der Waals surface area contributed by atoms with Gasteiger partial charge in [0.25, 0.3) is 5.91 Å². The molecule has 1 fully saturated rings. The molecule has 178 valence electrons. The highest BCUT2D eigenvalue weighted by Crippen LogP contribution is 2.17. The number of esters is 1. The minimum atomic E-state index is -1.03. The number of carbonyl (C=O) groups excluding carboxylic acids is 4. The van der Waals surface area contributed by atoms with Crippen LogP contribution in [0.4, 0.5) is 0 Å². The zero-order valence-electron chi connectivity index (χ0n) is 19.4. The van der Waals surface area contributed by atoms with Crippen molar-refractivity contribution in [2.24, 2.45) is 0 Å². The van der Waals surface area contributed by atoms with Crippen molar-refractivity contribution >= 4 is 29.8 Å². The summed E-state index contributed by atoms with van der Waals surface area (Å²) in [5, 5.41) is 5.27. The molecule has 0 saturated carbocycles. The summed E-state index contributed by atoms with van der Waals surface area (Å²) in [6.07, 6.45) is 1.86. The fourth-order valence-electron chi connectivity index (χ4n) is 3.70. The normalized spacial score (nSPS) is 15.9. The van der Waals surface area contributed by atoms with E-state index in [-0.39, 0.29) is 31.8 Å². The molecule has 1 heterocycles. The third-order valence-corrected chi connectivity index (χ3v) is 5.48. The van der Waals surface area contributed by atoms with Crippen LogP contribution in [0.5, 0.6) is 0 Å². The Morgan fingerprint density at radius 3 is 2.53 bits per heavy atom. The second-order valence-corrected chi connectivity index (χ2v) is 8.06. The van der Waals surface area contributed by atoms with Crippen LogP contribution in [0, 0.1) is 6.92 Å². The second-order valence-electron chi connectivity index (χ2n) is 8.06. The van der Waals surface area contributed by atoms with Crippen LogP contribution >= 0.6 is 0 Å². The van der Waals surface area contributed by atoms with Crippen LogP contribution < -0.4 is 10.6 Å². The number of hydrogen-bond donors (Lipinski definition) is 2. The number of aryl methyl sites for hydroxylation is 1. The number of nitrogens with one attached hydrogen (secondary N) is 2. The van der Waals surface area contributed by atoms with E-state index in [4.69, 9.17) is 4.74 Å². The summed E-state index contributed by atoms with van der Waals surface area (Å²) in [4.78, 5) is 51.6. The highest BCUT2D eigenvalue weighted by Gasteiger charge is 2.36. The standard InChI is InChI=1S/C26H29N3O5/c1-18-8-6-7-11-21(18)16-22(28-19(2)30)26(33)29-14-13-27-25(32)23(29)17-24(31)34-15-12-20-9-4-3-5-10-20/h3-11,16,23H,12-15,17H2,1-2H3,(H,27,32)(H,28,30)/b22-16+. The average Bonchev–Trinajstić information content (AvgIpc) is 2.81. The molecule has 3 rings (SSSR count). The molecule has 2 aromatic rings. The molecule has 0 aliphatic carbocycles. The van der Waals surface area contributed by atoms with Crippen molar-refractivity contribution in [1.29, 1.82) is 0 Å². The number of carbonyl (C=O) groups is 4. The van der Waals surface area contributed by atoms with Crippen LogP contribution in [0.25, 0.3) is 6.08 Å². The van der Waals surface area contributed by atoms with Crippen LogP contribution in [-0.2, 0) is 30.3 Å². The van der Waals surface area contributed by atoms with Crippen molar-refractivity contribution in [1.82, 2.24) is 15.5 Å². The molecule has 8 heteroatoms. The molecule has 1 aliphatic rings. The zero-order valence-corrected chi connectivity index (χ0v) is 19.4. The summed E-state index contributed by atoms with van der Waals surface area (Å²) in [6.45, 7) is 3.84. The number of amides is 3. The van der Waals surface area contributed by atoms with Crippen LogP contribution in [0.2, 0.25) is 0 Å². The SMILES string of the molecule is CC(=O)N/C(=C/c1ccccc1C)C(=O)N1CCNC(=O)C1CC(=O)OCCc1ccccc1. The van der Waals surface area contributed by atoms with E-state index in [1.165, 1.54) is 11.8 Å². The van der Waals surface area contributed by atoms with Gasteiger partial charge >= 0.3 is 5.97 Å². The van der Waals surface area contributed by atoms with E-state index >= 15 is 0 Å². The number of ether oxygens (including phenoxy) is 1. The van der Waals surface area contributed by atoms with E-state index in [9.17, 15) is 19.2 Å². The molecular weight excluding hydrogens is 434 g/mol. The Labute approximate surface area is 199 Å². The predicted molar refractivity (Wildman–Crippen MR) is 127 cm³/mol. The zero-order chi connectivity index (χ0) is 24.5. The first-order chi connectivity index (χ1) is 16.3. The van der Waals surface area contributed by atoms with Gasteiger partial charge in [-0.15, -0.1) is 0 Å². The van der Waals surface area contributed by atoms with Crippen LogP contribution in [0.15, 0.2) is 60.3 Å². The lowest BCUT2D eigenvalue weighted by atomic mass is 10.1. The summed E-state index contributed by atoms with van der Waals surface area (Å²) >= 11 is 0. The Kier molecular flexibility index (Phi) is 8.56. The van der Waals surface area contributed by atoms with Gasteiger partial charge in [-0.25, -0.2) is 0 Å². The highest BCUT2D eigenvalue weighted by atomic mass is 16.5. The fourth-order valence-corrected chi connectivity index (χ4v) is 3.70. The highest BCUT2D eigenvalue weighted by molar-refractivity contribution is 6.03. The van der Waals surface area contributed by atoms with Gasteiger partial charge in [0, 0.05) is 26.4 Å². The maximum Gasteiger partial charge on any atom is 0.308 e. The molecular formula is C26H29N3O5. The van der Waals surface area contributed by atoms with E-state index in [1.807, 2.05) is 61.5 Å². The van der Waals surface area contributed by atoms with Gasteiger partial charge in [0.2, 0.25) is 11.8 Å². The first kappa shape index (κ1) is 24.7. The third kappa shape index (κ3) is 6.78. The molecule has 0 radical (unpaired) electrons. The molecule has 1 atom stereocenters. The lowest BCUT2D eigenvalue weighted by Crippen LogP contribution is -2.58. The Morgan fingerprint density at radius 2 is 1.82 bits per heavy atom. The molecule has 0 spiro atoms. The summed E-state index contributed by atoms with van der Waals surface area (Å²) in [5.41, 5.74) is 2.76. The van der Waals surface area contributed by atoms with E-state index in [1.54, 1.807) is 6.08 Å². The monoisotopic (exact) mass is 463 g/mol. The minimum Gasteiger partial charge on any atom is -0.465 e. The van der Waals surface area contributed by atoms with E-state index in [0.29, 0.717) is 6.42 Å². The van der Waals surface area contributed by atoms with E-state index in [2.05, 4.69) is 10.6 Å². The van der Waals surface area contributed by atoms with Crippen LogP contribution in [0.3, 0.4) is 0 Å². The molecule has 3 amide bonds. The van der Waals surface area contributed by atoms with Crippen molar-refractivity contribution in [3.05, 3.63) is 77.0 Å². The van der Waals surface area contributed by atoms with Gasteiger partial charge in [0.1, 0.15) is 11.7 Å². The Hall–Kier alpha value is -3.94. The molecule has 2 aromatic carbocycles. The van der Waals surface area contributed by atoms with E-state index < -0.39 is 29.7 Å². The van der Waals surface area contributed by atoms with Gasteiger partial charge in [-0.05, 0) is 29.7 Å². The minimum absolute atomic E-state index is 0.0407. The molecule has 0 aromatic heterocycles. The lowest BCUT2D eigenvalue weighted by Gasteiger charge is -2.35. The Balaban J connectivity index is 1.73. The number of nitrogens with zero attached hydrogens (tertiary/aromatic N) is 1. The predicted octanol–water partition coefficient (Wildman–Crippen LogP) is 1.98. The number of piperazine rings is 1. The summed E-state index contributed by atoms with van der Waals surface area (Å²) in [5.74, 6) is -1.95. The summed E-state index contributed by atoms with van der Waals surface area (Å²) < 4.78 is 5.32. The smallest absolute Gasteiger partial charge is 0.308 e. The van der Waals surface area contributed by atoms with Gasteiger partial charge in [0.05, 0.1) is 13.0 Å². The third-order valence-electron chi connectivity index (χ3n) is 5.48. The molecule has 1 aliphatic heterocycles. The van der Waals surface area contributed by atoms with Gasteiger partial charge in [-0.3, -0.25) is 19.2 Å². The van der Waals surface area contributed by atoms with Crippen LogP contribution in [0.1, 0.15) is 30.0 Å². The topological polar surface area (TPSA) is 105 Å². The molecule has 0 bridgehead atoms. The number of hydrogen-bond acceptors (Lipinski definition) is 5. The molecule has 34 heavy (non-hydrogen) atoms. The van der Waals surface area contributed by atoms with Gasteiger partial charge < -0.3 is 20.3 Å². The average molecular weight is 464 g/mol. The first-order valence-corrected chi connectivity index (χ1v) is 11.2. The van der Waals surface area contributed by atoms with Gasteiger partial charge in [-0.1, -0.05) is 54.6 Å². The maximum absolute atomic E-state index is 13.4. The Bertz CT molecular complexity index is 1080. The van der Waals surface area contributed by atoms with Crippen molar-refractivity contribution in [3.63, 3.8) is 0 Å². The second kappa shape index (κ2) is 11.8. The molecule has 1 unspecified atom stereocenters.